The van der Waals surface area contributed by atoms with Gasteiger partial charge in [-0.3, -0.25) is 4.79 Å². The average molecular weight is 280 g/mol. The molecule has 0 saturated heterocycles. The number of benzene rings is 1. The molecule has 1 rings (SSSR count). The van der Waals surface area contributed by atoms with Crippen molar-refractivity contribution in [1.82, 2.24) is 0 Å². The normalized spacial score (nSPS) is 11.9. The van der Waals surface area contributed by atoms with Crippen molar-refractivity contribution in [1.29, 1.82) is 0 Å². The molecule has 0 amide bonds. The molecule has 0 aliphatic heterocycles. The Kier molecular flexibility index (Phi) is 5.93. The molecule has 0 atom stereocenters. The molecule has 0 bridgehead atoms. The minimum Gasteiger partial charge on any atom is -0.445 e. The largest absolute Gasteiger partial charge is 1.00 e. The molecular formula is C8H4BF6KO. The minimum atomic E-state index is -5.49. The molecule has 9 heteroatoms. The number of rotatable bonds is 2. The van der Waals surface area contributed by atoms with Crippen LogP contribution >= 0.6 is 0 Å². The number of carbonyl (C=O) groups is 1. The fourth-order valence-electron chi connectivity index (χ4n) is 1.15. The smallest absolute Gasteiger partial charge is 0.445 e. The van der Waals surface area contributed by atoms with Gasteiger partial charge in [0.05, 0.1) is 5.56 Å². The predicted molar refractivity (Wildman–Crippen MR) is 45.5 cm³/mol. The molecule has 1 nitrogen and oxygen atoms in total. The Morgan fingerprint density at radius 3 is 2.00 bits per heavy atom. The minimum absolute atomic E-state index is 0. The van der Waals surface area contributed by atoms with Crippen LogP contribution in [0, 0.1) is 0 Å². The van der Waals surface area contributed by atoms with Crippen LogP contribution in [0.4, 0.5) is 26.1 Å². The third kappa shape index (κ3) is 4.40. The molecule has 0 aromatic heterocycles. The third-order valence-corrected chi connectivity index (χ3v) is 1.89. The van der Waals surface area contributed by atoms with Crippen molar-refractivity contribution in [2.75, 3.05) is 0 Å². The van der Waals surface area contributed by atoms with E-state index in [9.17, 15) is 30.9 Å². The molecule has 1 aromatic carbocycles. The maximum Gasteiger partial charge on any atom is 1.00 e. The van der Waals surface area contributed by atoms with Crippen LogP contribution in [0.15, 0.2) is 18.2 Å². The van der Waals surface area contributed by atoms with Gasteiger partial charge in [-0.1, -0.05) is 17.6 Å². The summed E-state index contributed by atoms with van der Waals surface area (Å²) in [6.45, 7) is -5.49. The van der Waals surface area contributed by atoms with Crippen LogP contribution in [0.1, 0.15) is 15.9 Å². The van der Waals surface area contributed by atoms with Gasteiger partial charge in [-0.25, -0.2) is 0 Å². The molecule has 88 valence electrons. The SMILES string of the molecule is O=Cc1cc(C(F)(F)F)ccc1[B-](F)(F)F.[K+]. The summed E-state index contributed by atoms with van der Waals surface area (Å²) in [5, 5.41) is 0. The molecule has 0 unspecified atom stereocenters. The monoisotopic (exact) mass is 280 g/mol. The number of carbonyl (C=O) groups excluding carboxylic acids is 1. The van der Waals surface area contributed by atoms with Crippen molar-refractivity contribution in [3.63, 3.8) is 0 Å². The van der Waals surface area contributed by atoms with Gasteiger partial charge < -0.3 is 12.9 Å². The number of alkyl halides is 3. The summed E-state index contributed by atoms with van der Waals surface area (Å²) in [5.41, 5.74) is -3.59. The van der Waals surface area contributed by atoms with Crippen molar-refractivity contribution in [3.8, 4) is 0 Å². The van der Waals surface area contributed by atoms with E-state index < -0.39 is 29.7 Å². The van der Waals surface area contributed by atoms with Crippen molar-refractivity contribution in [2.24, 2.45) is 0 Å². The topological polar surface area (TPSA) is 17.1 Å². The second-order valence-electron chi connectivity index (χ2n) is 3.03. The van der Waals surface area contributed by atoms with E-state index in [1.165, 1.54) is 0 Å². The maximum atomic E-state index is 12.3. The second kappa shape index (κ2) is 5.87. The predicted octanol–water partition coefficient (Wildman–Crippen LogP) is -0.424. The second-order valence-corrected chi connectivity index (χ2v) is 3.03. The number of hydrogen-bond acceptors (Lipinski definition) is 1. The first-order chi connectivity index (χ1) is 7.16. The van der Waals surface area contributed by atoms with Gasteiger partial charge in [-0.2, -0.15) is 13.2 Å². The first kappa shape index (κ1) is 17.2. The van der Waals surface area contributed by atoms with Gasteiger partial charge in [-0.05, 0) is 11.6 Å². The Balaban J connectivity index is 0.00000256. The number of halogens is 6. The van der Waals surface area contributed by atoms with E-state index in [1.54, 1.807) is 0 Å². The zero-order chi connectivity index (χ0) is 12.6. The van der Waals surface area contributed by atoms with Crippen LogP contribution in [0.25, 0.3) is 0 Å². The van der Waals surface area contributed by atoms with Crippen molar-refractivity contribution in [3.05, 3.63) is 29.3 Å². The van der Waals surface area contributed by atoms with E-state index in [-0.39, 0.29) is 69.8 Å². The Bertz CT molecular complexity index is 413. The van der Waals surface area contributed by atoms with Crippen molar-refractivity contribution >= 4 is 18.7 Å². The van der Waals surface area contributed by atoms with Gasteiger partial charge in [0.2, 0.25) is 0 Å². The van der Waals surface area contributed by atoms with E-state index in [4.69, 9.17) is 0 Å². The molecule has 0 aliphatic carbocycles. The third-order valence-electron chi connectivity index (χ3n) is 1.89. The quantitative estimate of drug-likeness (QED) is 0.408. The molecule has 17 heavy (non-hydrogen) atoms. The summed E-state index contributed by atoms with van der Waals surface area (Å²) >= 11 is 0. The van der Waals surface area contributed by atoms with E-state index in [0.29, 0.717) is 6.07 Å². The molecule has 0 spiro atoms. The van der Waals surface area contributed by atoms with Crippen LogP contribution in [0.2, 0.25) is 0 Å². The maximum absolute atomic E-state index is 12.3. The summed E-state index contributed by atoms with van der Waals surface area (Å²) in [4.78, 5) is 10.3. The van der Waals surface area contributed by atoms with Crippen molar-refractivity contribution < 1.29 is 82.3 Å². The van der Waals surface area contributed by atoms with Gasteiger partial charge in [0.15, 0.2) is 0 Å². The first-order valence-electron chi connectivity index (χ1n) is 4.02. The van der Waals surface area contributed by atoms with Crippen LogP contribution in [-0.4, -0.2) is 13.3 Å². The van der Waals surface area contributed by atoms with E-state index in [2.05, 4.69) is 0 Å². The molecule has 0 aliphatic rings. The fourth-order valence-corrected chi connectivity index (χ4v) is 1.15. The zero-order valence-corrected chi connectivity index (χ0v) is 11.7. The fraction of sp³-hybridized carbons (Fsp3) is 0.125. The van der Waals surface area contributed by atoms with Gasteiger partial charge in [0.1, 0.15) is 6.29 Å². The molecule has 0 N–H and O–H groups in total. The standard InChI is InChI=1S/C8H4BF6O.K/c10-8(11,12)6-1-2-7(9(13,14)15)5(3-6)4-16;/h1-4H;/q-1;+1. The number of hydrogen-bond donors (Lipinski definition) is 0. The summed E-state index contributed by atoms with van der Waals surface area (Å²) in [6.07, 6.45) is -5.01. The average Bonchev–Trinajstić information content (AvgIpc) is 2.14. The Labute approximate surface area is 135 Å². The molecule has 0 heterocycles. The van der Waals surface area contributed by atoms with Crippen LogP contribution in [-0.2, 0) is 6.18 Å². The summed E-state index contributed by atoms with van der Waals surface area (Å²) in [5.74, 6) is 0. The van der Waals surface area contributed by atoms with Gasteiger partial charge in [-0.15, -0.1) is 0 Å². The number of aldehydes is 1. The molecule has 0 fully saturated rings. The first-order valence-corrected chi connectivity index (χ1v) is 4.02. The Morgan fingerprint density at radius 2 is 1.65 bits per heavy atom. The van der Waals surface area contributed by atoms with Gasteiger partial charge in [0, 0.05) is 0 Å². The molecule has 0 saturated carbocycles. The Hall–Kier alpha value is 0.171. The van der Waals surface area contributed by atoms with Crippen LogP contribution in [0.3, 0.4) is 0 Å². The summed E-state index contributed by atoms with van der Waals surface area (Å²) in [7, 11) is 0. The summed E-state index contributed by atoms with van der Waals surface area (Å²) in [6, 6.07) is 0.766. The molecule has 1 aromatic rings. The van der Waals surface area contributed by atoms with E-state index in [1.807, 2.05) is 0 Å². The van der Waals surface area contributed by atoms with Crippen LogP contribution in [0.5, 0.6) is 0 Å². The van der Waals surface area contributed by atoms with Crippen molar-refractivity contribution in [2.45, 2.75) is 6.18 Å². The summed E-state index contributed by atoms with van der Waals surface area (Å²) < 4.78 is 73.3. The van der Waals surface area contributed by atoms with E-state index >= 15 is 0 Å². The molecule has 0 radical (unpaired) electrons. The van der Waals surface area contributed by atoms with Gasteiger partial charge in [0.25, 0.3) is 0 Å². The van der Waals surface area contributed by atoms with Crippen LogP contribution < -0.4 is 56.8 Å². The molecular weight excluding hydrogens is 276 g/mol. The zero-order valence-electron chi connectivity index (χ0n) is 8.56. The Morgan fingerprint density at radius 1 is 1.12 bits per heavy atom. The van der Waals surface area contributed by atoms with Gasteiger partial charge >= 0.3 is 64.5 Å². The van der Waals surface area contributed by atoms with E-state index in [0.717, 1.165) is 0 Å².